The van der Waals surface area contributed by atoms with E-state index in [1.165, 1.54) is 0 Å². The van der Waals surface area contributed by atoms with E-state index in [0.717, 1.165) is 28.1 Å². The molecule has 0 unspecified atom stereocenters. The molecule has 0 spiro atoms. The van der Waals surface area contributed by atoms with Crippen LogP contribution < -0.4 is 10.1 Å². The normalized spacial score (nSPS) is 17.9. The highest BCUT2D eigenvalue weighted by Gasteiger charge is 2.31. The van der Waals surface area contributed by atoms with Crippen LogP contribution in [0.2, 0.25) is 0 Å². The summed E-state index contributed by atoms with van der Waals surface area (Å²) in [5.41, 5.74) is 4.31. The number of rotatable bonds is 6. The quantitative estimate of drug-likeness (QED) is 0.686. The van der Waals surface area contributed by atoms with Crippen molar-refractivity contribution in [1.29, 1.82) is 0 Å². The molecule has 0 saturated carbocycles. The van der Waals surface area contributed by atoms with Crippen LogP contribution in [-0.2, 0) is 13.6 Å². The highest BCUT2D eigenvalue weighted by atomic mass is 16.5. The predicted octanol–water partition coefficient (Wildman–Crippen LogP) is 2.83. The van der Waals surface area contributed by atoms with E-state index in [0.29, 0.717) is 18.7 Å². The van der Waals surface area contributed by atoms with Gasteiger partial charge in [-0.25, -0.2) is 4.79 Å². The fourth-order valence-electron chi connectivity index (χ4n) is 3.60. The van der Waals surface area contributed by atoms with Gasteiger partial charge in [-0.2, -0.15) is 5.10 Å². The van der Waals surface area contributed by atoms with Crippen LogP contribution in [0.4, 0.5) is 0 Å². The van der Waals surface area contributed by atoms with Gasteiger partial charge in [0.1, 0.15) is 11.9 Å². The Morgan fingerprint density at radius 1 is 1.29 bits per heavy atom. The first-order valence-corrected chi connectivity index (χ1v) is 9.20. The largest absolute Gasteiger partial charge is 0.488 e. The van der Waals surface area contributed by atoms with Gasteiger partial charge in [0.2, 0.25) is 0 Å². The molecule has 3 heterocycles. The molecule has 2 N–H and O–H groups in total. The molecule has 1 aliphatic rings. The second kappa shape index (κ2) is 7.44. The zero-order chi connectivity index (χ0) is 19.7. The van der Waals surface area contributed by atoms with E-state index >= 15 is 0 Å². The molecule has 7 nitrogen and oxygen atoms in total. The van der Waals surface area contributed by atoms with E-state index in [-0.39, 0.29) is 12.0 Å². The van der Waals surface area contributed by atoms with Crippen LogP contribution >= 0.6 is 0 Å². The Balaban J connectivity index is 1.42. The Morgan fingerprint density at radius 3 is 2.82 bits per heavy atom. The number of nitrogens with one attached hydrogen (secondary N) is 1. The van der Waals surface area contributed by atoms with Gasteiger partial charge in [-0.05, 0) is 30.3 Å². The van der Waals surface area contributed by atoms with Crippen LogP contribution in [0.25, 0.3) is 11.3 Å². The van der Waals surface area contributed by atoms with E-state index in [4.69, 9.17) is 4.74 Å². The Hall–Kier alpha value is -3.19. The number of carbonyl (C=O) groups is 1. The predicted molar refractivity (Wildman–Crippen MR) is 104 cm³/mol. The average Bonchev–Trinajstić information content (AvgIpc) is 3.22. The first kappa shape index (κ1) is 18.2. The van der Waals surface area contributed by atoms with E-state index in [9.17, 15) is 9.90 Å². The second-order valence-corrected chi connectivity index (χ2v) is 7.05. The summed E-state index contributed by atoms with van der Waals surface area (Å²) < 4.78 is 7.84. The van der Waals surface area contributed by atoms with Gasteiger partial charge in [-0.15, -0.1) is 0 Å². The van der Waals surface area contributed by atoms with Crippen molar-refractivity contribution < 1.29 is 14.6 Å². The number of aromatic carboxylic acids is 1. The SMILES string of the molecule is C[C@H]1c2cc(C(=O)O)ccc2O[C@H]1CNCc1cn(C)nc1-c1ccncc1. The summed E-state index contributed by atoms with van der Waals surface area (Å²) in [5, 5.41) is 17.2. The zero-order valence-corrected chi connectivity index (χ0v) is 15.8. The molecule has 4 rings (SSSR count). The summed E-state index contributed by atoms with van der Waals surface area (Å²) in [6.07, 6.45) is 5.49. The second-order valence-electron chi connectivity index (χ2n) is 7.05. The van der Waals surface area contributed by atoms with Gasteiger partial charge in [-0.1, -0.05) is 6.92 Å². The molecular formula is C21H22N4O3. The van der Waals surface area contributed by atoms with Gasteiger partial charge >= 0.3 is 5.97 Å². The van der Waals surface area contributed by atoms with Crippen LogP contribution in [0.1, 0.15) is 34.3 Å². The maximum atomic E-state index is 11.2. The minimum Gasteiger partial charge on any atom is -0.488 e. The van der Waals surface area contributed by atoms with Gasteiger partial charge in [0.15, 0.2) is 0 Å². The van der Waals surface area contributed by atoms with Crippen LogP contribution in [-0.4, -0.2) is 38.5 Å². The van der Waals surface area contributed by atoms with Crippen molar-refractivity contribution in [2.24, 2.45) is 7.05 Å². The van der Waals surface area contributed by atoms with Crippen LogP contribution in [0.3, 0.4) is 0 Å². The van der Waals surface area contributed by atoms with Gasteiger partial charge in [0.05, 0.1) is 11.3 Å². The minimum absolute atomic E-state index is 0.0416. The van der Waals surface area contributed by atoms with Crippen LogP contribution in [0, 0.1) is 0 Å². The molecule has 7 heteroatoms. The standard InChI is InChI=1S/C21H22N4O3/c1-13-17-9-15(21(26)27)3-4-18(17)28-19(13)11-23-10-16-12-25(2)24-20(16)14-5-7-22-8-6-14/h3-9,12-13,19,23H,10-11H2,1-2H3,(H,26,27)/t13-,19-/m0/s1. The summed E-state index contributed by atoms with van der Waals surface area (Å²) in [6, 6.07) is 8.94. The molecule has 3 aromatic rings. The zero-order valence-electron chi connectivity index (χ0n) is 15.8. The number of fused-ring (bicyclic) bond motifs is 1. The maximum absolute atomic E-state index is 11.2. The Kier molecular flexibility index (Phi) is 4.83. The molecule has 0 radical (unpaired) electrons. The number of ether oxygens (including phenoxy) is 1. The topological polar surface area (TPSA) is 89.3 Å². The first-order valence-electron chi connectivity index (χ1n) is 9.20. The third-order valence-corrected chi connectivity index (χ3v) is 5.10. The highest BCUT2D eigenvalue weighted by Crippen LogP contribution is 2.38. The molecule has 28 heavy (non-hydrogen) atoms. The molecule has 0 aliphatic carbocycles. The van der Waals surface area contributed by atoms with Gasteiger partial charge in [0, 0.05) is 61.3 Å². The van der Waals surface area contributed by atoms with Gasteiger partial charge in [0.25, 0.3) is 0 Å². The molecular weight excluding hydrogens is 356 g/mol. The minimum atomic E-state index is -0.920. The van der Waals surface area contributed by atoms with Crippen molar-refractivity contribution in [3.05, 3.63) is 65.6 Å². The fourth-order valence-corrected chi connectivity index (χ4v) is 3.60. The third-order valence-electron chi connectivity index (χ3n) is 5.10. The molecule has 1 aliphatic heterocycles. The van der Waals surface area contributed by atoms with E-state index in [1.54, 1.807) is 30.6 Å². The smallest absolute Gasteiger partial charge is 0.335 e. The molecule has 0 fully saturated rings. The lowest BCUT2D eigenvalue weighted by Gasteiger charge is -2.16. The summed E-state index contributed by atoms with van der Waals surface area (Å²) in [7, 11) is 1.91. The Bertz CT molecular complexity index is 1000. The van der Waals surface area contributed by atoms with Crippen molar-refractivity contribution in [3.63, 3.8) is 0 Å². The van der Waals surface area contributed by atoms with Crippen molar-refractivity contribution in [3.8, 4) is 17.0 Å². The van der Waals surface area contributed by atoms with E-state index < -0.39 is 5.97 Å². The summed E-state index contributed by atoms with van der Waals surface area (Å²) in [5.74, 6) is -0.0321. The van der Waals surface area contributed by atoms with Crippen molar-refractivity contribution in [2.45, 2.75) is 25.5 Å². The lowest BCUT2D eigenvalue weighted by molar-refractivity contribution is 0.0697. The number of carboxylic acids is 1. The van der Waals surface area contributed by atoms with E-state index in [2.05, 4.69) is 22.3 Å². The molecule has 0 saturated heterocycles. The molecule has 2 atom stereocenters. The number of aryl methyl sites for hydroxylation is 1. The monoisotopic (exact) mass is 378 g/mol. The van der Waals surface area contributed by atoms with Gasteiger partial charge < -0.3 is 15.2 Å². The van der Waals surface area contributed by atoms with Crippen LogP contribution in [0.5, 0.6) is 5.75 Å². The fraction of sp³-hybridized carbons (Fsp3) is 0.286. The average molecular weight is 378 g/mol. The van der Waals surface area contributed by atoms with E-state index in [1.807, 2.05) is 30.1 Å². The van der Waals surface area contributed by atoms with Crippen molar-refractivity contribution in [1.82, 2.24) is 20.1 Å². The maximum Gasteiger partial charge on any atom is 0.335 e. The van der Waals surface area contributed by atoms with Crippen molar-refractivity contribution >= 4 is 5.97 Å². The Morgan fingerprint density at radius 2 is 2.07 bits per heavy atom. The summed E-state index contributed by atoms with van der Waals surface area (Å²) in [6.45, 7) is 3.38. The number of benzene rings is 1. The molecule has 2 aromatic heterocycles. The number of carboxylic acid groups (broad SMARTS) is 1. The summed E-state index contributed by atoms with van der Waals surface area (Å²) in [4.78, 5) is 15.3. The number of hydrogen-bond acceptors (Lipinski definition) is 5. The first-order chi connectivity index (χ1) is 13.5. The molecule has 0 amide bonds. The summed E-state index contributed by atoms with van der Waals surface area (Å²) >= 11 is 0. The van der Waals surface area contributed by atoms with Crippen molar-refractivity contribution in [2.75, 3.05) is 6.54 Å². The number of aromatic nitrogens is 3. The van der Waals surface area contributed by atoms with Crippen LogP contribution in [0.15, 0.2) is 48.9 Å². The number of pyridine rings is 1. The third kappa shape index (κ3) is 3.48. The Labute approximate surface area is 163 Å². The molecule has 1 aromatic carbocycles. The molecule has 0 bridgehead atoms. The lowest BCUT2D eigenvalue weighted by Crippen LogP contribution is -2.31. The number of hydrogen-bond donors (Lipinski definition) is 2. The number of nitrogens with zero attached hydrogens (tertiary/aromatic N) is 3. The van der Waals surface area contributed by atoms with Gasteiger partial charge in [-0.3, -0.25) is 9.67 Å². The highest BCUT2D eigenvalue weighted by molar-refractivity contribution is 5.88. The molecule has 144 valence electrons. The lowest BCUT2D eigenvalue weighted by atomic mass is 9.96.